The Morgan fingerprint density at radius 3 is 3.23 bits per heavy atom. The summed E-state index contributed by atoms with van der Waals surface area (Å²) in [6, 6.07) is 7.70. The number of nitrogens with zero attached hydrogens (tertiary/aromatic N) is 3. The summed E-state index contributed by atoms with van der Waals surface area (Å²) in [4.78, 5) is 24.0. The molecule has 1 saturated heterocycles. The number of hydrogen-bond acceptors (Lipinski definition) is 5. The normalized spacial score (nSPS) is 19.3. The molecule has 136 valence electrons. The molecule has 0 radical (unpaired) electrons. The highest BCUT2D eigenvalue weighted by molar-refractivity contribution is 5.79. The number of ether oxygens (including phenoxy) is 1. The van der Waals surface area contributed by atoms with Crippen molar-refractivity contribution >= 4 is 5.91 Å². The molecule has 6 heteroatoms. The number of benzene rings is 1. The van der Waals surface area contributed by atoms with E-state index in [0.717, 1.165) is 55.3 Å². The zero-order valence-electron chi connectivity index (χ0n) is 15.1. The third kappa shape index (κ3) is 3.55. The predicted molar refractivity (Wildman–Crippen MR) is 98.1 cm³/mol. The number of rotatable bonds is 4. The molecule has 0 aliphatic carbocycles. The van der Waals surface area contributed by atoms with E-state index in [1.165, 1.54) is 5.56 Å². The number of fused-ring (bicyclic) bond motifs is 1. The van der Waals surface area contributed by atoms with E-state index in [-0.39, 0.29) is 11.8 Å². The van der Waals surface area contributed by atoms with Crippen LogP contribution in [0.25, 0.3) is 0 Å². The highest BCUT2D eigenvalue weighted by Gasteiger charge is 2.29. The molecule has 3 heterocycles. The first-order valence-corrected chi connectivity index (χ1v) is 9.19. The molecule has 2 aliphatic heterocycles. The van der Waals surface area contributed by atoms with Crippen molar-refractivity contribution in [3.05, 3.63) is 53.1 Å². The summed E-state index contributed by atoms with van der Waals surface area (Å²) in [5, 5.41) is 3.34. The van der Waals surface area contributed by atoms with Gasteiger partial charge in [0.1, 0.15) is 11.6 Å². The predicted octanol–water partition coefficient (Wildman–Crippen LogP) is 1.69. The second-order valence-electron chi connectivity index (χ2n) is 6.98. The van der Waals surface area contributed by atoms with Crippen molar-refractivity contribution in [2.75, 3.05) is 26.7 Å². The molecule has 4 rings (SSSR count). The fourth-order valence-corrected chi connectivity index (χ4v) is 3.71. The van der Waals surface area contributed by atoms with E-state index in [1.807, 2.05) is 35.4 Å². The molecule has 1 atom stereocenters. The first-order chi connectivity index (χ1) is 12.7. The minimum atomic E-state index is 0.155. The molecule has 1 aromatic carbocycles. The smallest absolute Gasteiger partial charge is 0.227 e. The molecule has 2 aliphatic rings. The Kier molecular flexibility index (Phi) is 4.84. The van der Waals surface area contributed by atoms with Crippen LogP contribution in [0.1, 0.15) is 35.0 Å². The van der Waals surface area contributed by atoms with E-state index >= 15 is 0 Å². The number of carbonyl (C=O) groups excluding carboxylic acids is 1. The number of methoxy groups -OCH3 is 1. The first kappa shape index (κ1) is 17.0. The minimum absolute atomic E-state index is 0.155. The van der Waals surface area contributed by atoms with Gasteiger partial charge in [0.2, 0.25) is 5.91 Å². The second-order valence-corrected chi connectivity index (χ2v) is 6.98. The van der Waals surface area contributed by atoms with Crippen molar-refractivity contribution in [3.63, 3.8) is 0 Å². The Balaban J connectivity index is 1.40. The van der Waals surface area contributed by atoms with Gasteiger partial charge in [-0.05, 0) is 24.1 Å². The number of amides is 1. The van der Waals surface area contributed by atoms with Gasteiger partial charge in [0.05, 0.1) is 13.5 Å². The third-order valence-corrected chi connectivity index (χ3v) is 5.22. The lowest BCUT2D eigenvalue weighted by Gasteiger charge is -2.19. The van der Waals surface area contributed by atoms with Gasteiger partial charge < -0.3 is 15.0 Å². The number of likely N-dealkylation sites (tertiary alicyclic amines) is 1. The molecule has 0 bridgehead atoms. The van der Waals surface area contributed by atoms with E-state index in [0.29, 0.717) is 13.0 Å². The van der Waals surface area contributed by atoms with Crippen LogP contribution in [-0.2, 0) is 24.2 Å². The van der Waals surface area contributed by atoms with Gasteiger partial charge in [-0.3, -0.25) is 4.79 Å². The van der Waals surface area contributed by atoms with Crippen LogP contribution in [0.15, 0.2) is 30.5 Å². The topological polar surface area (TPSA) is 67.3 Å². The van der Waals surface area contributed by atoms with Crippen molar-refractivity contribution in [3.8, 4) is 5.75 Å². The van der Waals surface area contributed by atoms with E-state index < -0.39 is 0 Å². The van der Waals surface area contributed by atoms with Gasteiger partial charge in [-0.1, -0.05) is 12.1 Å². The Bertz CT molecular complexity index is 808. The van der Waals surface area contributed by atoms with Gasteiger partial charge in [0.25, 0.3) is 0 Å². The first-order valence-electron chi connectivity index (χ1n) is 9.19. The summed E-state index contributed by atoms with van der Waals surface area (Å²) in [6.45, 7) is 3.31. The molecule has 1 aromatic heterocycles. The van der Waals surface area contributed by atoms with Gasteiger partial charge in [0.15, 0.2) is 0 Å². The molecule has 1 fully saturated rings. The van der Waals surface area contributed by atoms with Gasteiger partial charge in [-0.15, -0.1) is 0 Å². The van der Waals surface area contributed by atoms with Crippen LogP contribution in [0.2, 0.25) is 0 Å². The largest absolute Gasteiger partial charge is 0.497 e. The van der Waals surface area contributed by atoms with Crippen LogP contribution < -0.4 is 10.1 Å². The van der Waals surface area contributed by atoms with E-state index in [4.69, 9.17) is 9.72 Å². The Hall–Kier alpha value is -2.47. The number of aromatic nitrogens is 2. The molecule has 1 N–H and O–H groups in total. The number of hydrogen-bond donors (Lipinski definition) is 1. The minimum Gasteiger partial charge on any atom is -0.497 e. The average Bonchev–Trinajstić information content (AvgIpc) is 3.18. The standard InChI is InChI=1S/C20H24N4O2/c1-26-17-4-2-3-14(9-17)10-19(25)24-8-6-15(13-24)20-22-12-16-11-21-7-5-18(16)23-20/h2-4,9,12,15,21H,5-8,10-11,13H2,1H3. The third-order valence-electron chi connectivity index (χ3n) is 5.22. The molecule has 1 unspecified atom stereocenters. The lowest BCUT2D eigenvalue weighted by molar-refractivity contribution is -0.129. The lowest BCUT2D eigenvalue weighted by atomic mass is 10.1. The van der Waals surface area contributed by atoms with Crippen molar-refractivity contribution in [1.29, 1.82) is 0 Å². The molecule has 1 amide bonds. The van der Waals surface area contributed by atoms with Crippen LogP contribution in [0.5, 0.6) is 5.75 Å². The zero-order valence-corrected chi connectivity index (χ0v) is 15.1. The Labute approximate surface area is 153 Å². The highest BCUT2D eigenvalue weighted by atomic mass is 16.5. The highest BCUT2D eigenvalue weighted by Crippen LogP contribution is 2.26. The van der Waals surface area contributed by atoms with Gasteiger partial charge >= 0.3 is 0 Å². The van der Waals surface area contributed by atoms with Crippen LogP contribution >= 0.6 is 0 Å². The summed E-state index contributed by atoms with van der Waals surface area (Å²) in [6.07, 6.45) is 4.24. The maximum absolute atomic E-state index is 12.7. The average molecular weight is 352 g/mol. The molecule has 26 heavy (non-hydrogen) atoms. The number of carbonyl (C=O) groups is 1. The quantitative estimate of drug-likeness (QED) is 0.907. The van der Waals surface area contributed by atoms with Crippen molar-refractivity contribution < 1.29 is 9.53 Å². The SMILES string of the molecule is COc1cccc(CC(=O)N2CCC(c3ncc4c(n3)CCNC4)C2)c1. The summed E-state index contributed by atoms with van der Waals surface area (Å²) >= 11 is 0. The maximum Gasteiger partial charge on any atom is 0.227 e. The van der Waals surface area contributed by atoms with Gasteiger partial charge in [-0.2, -0.15) is 0 Å². The Morgan fingerprint density at radius 2 is 2.35 bits per heavy atom. The van der Waals surface area contributed by atoms with E-state index in [2.05, 4.69) is 10.3 Å². The summed E-state index contributed by atoms with van der Waals surface area (Å²) in [7, 11) is 1.64. The molecule has 2 aromatic rings. The van der Waals surface area contributed by atoms with Gasteiger partial charge in [-0.25, -0.2) is 9.97 Å². The van der Waals surface area contributed by atoms with Crippen LogP contribution in [0.3, 0.4) is 0 Å². The second kappa shape index (κ2) is 7.41. The van der Waals surface area contributed by atoms with E-state index in [1.54, 1.807) is 7.11 Å². The van der Waals surface area contributed by atoms with Crippen molar-refractivity contribution in [2.24, 2.45) is 0 Å². The van der Waals surface area contributed by atoms with Crippen molar-refractivity contribution in [2.45, 2.75) is 31.7 Å². The van der Waals surface area contributed by atoms with Gasteiger partial charge in [0, 0.05) is 56.0 Å². The fourth-order valence-electron chi connectivity index (χ4n) is 3.71. The van der Waals surface area contributed by atoms with Crippen LogP contribution in [0, 0.1) is 0 Å². The fraction of sp³-hybridized carbons (Fsp3) is 0.450. The van der Waals surface area contributed by atoms with Crippen LogP contribution in [-0.4, -0.2) is 47.5 Å². The summed E-state index contributed by atoms with van der Waals surface area (Å²) in [5.74, 6) is 2.07. The monoisotopic (exact) mass is 352 g/mol. The Morgan fingerprint density at radius 1 is 1.42 bits per heavy atom. The molecule has 0 spiro atoms. The summed E-state index contributed by atoms with van der Waals surface area (Å²) in [5.41, 5.74) is 3.34. The molecule has 6 nitrogen and oxygen atoms in total. The zero-order chi connectivity index (χ0) is 17.9. The van der Waals surface area contributed by atoms with Crippen molar-refractivity contribution in [1.82, 2.24) is 20.2 Å². The lowest BCUT2D eigenvalue weighted by Crippen LogP contribution is -2.30. The maximum atomic E-state index is 12.7. The number of nitrogens with one attached hydrogen (secondary N) is 1. The molecule has 0 saturated carbocycles. The molecular formula is C20H24N4O2. The molecular weight excluding hydrogens is 328 g/mol. The van der Waals surface area contributed by atoms with E-state index in [9.17, 15) is 4.79 Å². The van der Waals surface area contributed by atoms with Crippen LogP contribution in [0.4, 0.5) is 0 Å². The summed E-state index contributed by atoms with van der Waals surface area (Å²) < 4.78 is 5.24.